The van der Waals surface area contributed by atoms with Crippen LogP contribution in [0.2, 0.25) is 0 Å². The standard InChI is InChI=1S/C13H18BrNO/c1-9-7-12(14)13(8-10(9)2)16-11-3-5-15-6-4-11/h7-8,11,15H,3-6H2,1-2H3. The molecule has 1 N–H and O–H groups in total. The van der Waals surface area contributed by atoms with Gasteiger partial charge in [0.1, 0.15) is 11.9 Å². The molecule has 1 aromatic carbocycles. The highest BCUT2D eigenvalue weighted by Gasteiger charge is 2.16. The molecule has 1 heterocycles. The van der Waals surface area contributed by atoms with Crippen molar-refractivity contribution in [1.29, 1.82) is 0 Å². The minimum absolute atomic E-state index is 0.361. The molecule has 0 amide bonds. The van der Waals surface area contributed by atoms with Gasteiger partial charge in [-0.05, 0) is 79.0 Å². The van der Waals surface area contributed by atoms with Crippen LogP contribution in [0.25, 0.3) is 0 Å². The molecule has 1 fully saturated rings. The van der Waals surface area contributed by atoms with E-state index in [1.807, 2.05) is 0 Å². The summed E-state index contributed by atoms with van der Waals surface area (Å²) in [7, 11) is 0. The molecule has 0 atom stereocenters. The van der Waals surface area contributed by atoms with Crippen LogP contribution in [-0.4, -0.2) is 19.2 Å². The third-order valence-electron chi connectivity index (χ3n) is 3.13. The van der Waals surface area contributed by atoms with Crippen molar-refractivity contribution < 1.29 is 4.74 Å². The number of nitrogens with one attached hydrogen (secondary N) is 1. The second-order valence-corrected chi connectivity index (χ2v) is 5.29. The fourth-order valence-corrected chi connectivity index (χ4v) is 2.49. The lowest BCUT2D eigenvalue weighted by Gasteiger charge is -2.24. The molecule has 2 nitrogen and oxygen atoms in total. The Balaban J connectivity index is 2.11. The minimum Gasteiger partial charge on any atom is -0.489 e. The second-order valence-electron chi connectivity index (χ2n) is 4.43. The molecule has 1 aliphatic heterocycles. The second kappa shape index (κ2) is 5.19. The van der Waals surface area contributed by atoms with Crippen molar-refractivity contribution in [2.75, 3.05) is 13.1 Å². The van der Waals surface area contributed by atoms with Gasteiger partial charge in [-0.1, -0.05) is 0 Å². The van der Waals surface area contributed by atoms with E-state index in [2.05, 4.69) is 47.2 Å². The summed E-state index contributed by atoms with van der Waals surface area (Å²) < 4.78 is 7.10. The maximum Gasteiger partial charge on any atom is 0.134 e. The molecular weight excluding hydrogens is 266 g/mol. The smallest absolute Gasteiger partial charge is 0.134 e. The fraction of sp³-hybridized carbons (Fsp3) is 0.538. The summed E-state index contributed by atoms with van der Waals surface area (Å²) in [6, 6.07) is 4.26. The maximum atomic E-state index is 6.04. The van der Waals surface area contributed by atoms with E-state index in [0.29, 0.717) is 6.10 Å². The van der Waals surface area contributed by atoms with Crippen molar-refractivity contribution in [3.05, 3.63) is 27.7 Å². The normalized spacial score (nSPS) is 17.4. The number of hydrogen-bond donors (Lipinski definition) is 1. The third-order valence-corrected chi connectivity index (χ3v) is 3.75. The summed E-state index contributed by atoms with van der Waals surface area (Å²) in [6.07, 6.45) is 2.55. The van der Waals surface area contributed by atoms with Crippen molar-refractivity contribution >= 4 is 15.9 Å². The van der Waals surface area contributed by atoms with Crippen molar-refractivity contribution in [2.45, 2.75) is 32.8 Å². The van der Waals surface area contributed by atoms with E-state index in [0.717, 1.165) is 36.2 Å². The number of piperidine rings is 1. The van der Waals surface area contributed by atoms with Gasteiger partial charge in [0, 0.05) is 0 Å². The van der Waals surface area contributed by atoms with E-state index in [-0.39, 0.29) is 0 Å². The van der Waals surface area contributed by atoms with E-state index in [4.69, 9.17) is 4.74 Å². The largest absolute Gasteiger partial charge is 0.489 e. The Labute approximate surface area is 106 Å². The van der Waals surface area contributed by atoms with Gasteiger partial charge in [0.25, 0.3) is 0 Å². The lowest BCUT2D eigenvalue weighted by atomic mass is 10.1. The van der Waals surface area contributed by atoms with Crippen LogP contribution in [0.5, 0.6) is 5.75 Å². The van der Waals surface area contributed by atoms with Gasteiger partial charge in [0.15, 0.2) is 0 Å². The van der Waals surface area contributed by atoms with Gasteiger partial charge in [0.05, 0.1) is 4.47 Å². The molecular formula is C13H18BrNO. The van der Waals surface area contributed by atoms with Crippen LogP contribution in [-0.2, 0) is 0 Å². The molecule has 0 bridgehead atoms. The van der Waals surface area contributed by atoms with Crippen LogP contribution in [0.15, 0.2) is 16.6 Å². The number of benzene rings is 1. The van der Waals surface area contributed by atoms with E-state index in [1.54, 1.807) is 0 Å². The van der Waals surface area contributed by atoms with Crippen molar-refractivity contribution in [2.24, 2.45) is 0 Å². The van der Waals surface area contributed by atoms with E-state index < -0.39 is 0 Å². The van der Waals surface area contributed by atoms with Crippen LogP contribution in [0.4, 0.5) is 0 Å². The fourth-order valence-electron chi connectivity index (χ4n) is 1.94. The summed E-state index contributed by atoms with van der Waals surface area (Å²) in [5, 5.41) is 3.34. The highest BCUT2D eigenvalue weighted by Crippen LogP contribution is 2.30. The summed E-state index contributed by atoms with van der Waals surface area (Å²) in [5.74, 6) is 0.981. The topological polar surface area (TPSA) is 21.3 Å². The van der Waals surface area contributed by atoms with E-state index in [1.165, 1.54) is 11.1 Å². The van der Waals surface area contributed by atoms with Crippen molar-refractivity contribution in [3.8, 4) is 5.75 Å². The van der Waals surface area contributed by atoms with Crippen molar-refractivity contribution in [1.82, 2.24) is 5.32 Å². The lowest BCUT2D eigenvalue weighted by Crippen LogP contribution is -2.34. The van der Waals surface area contributed by atoms with Gasteiger partial charge in [-0.2, -0.15) is 0 Å². The van der Waals surface area contributed by atoms with Crippen LogP contribution in [0.3, 0.4) is 0 Å². The van der Waals surface area contributed by atoms with Crippen LogP contribution < -0.4 is 10.1 Å². The van der Waals surface area contributed by atoms with Crippen molar-refractivity contribution in [3.63, 3.8) is 0 Å². The number of rotatable bonds is 2. The zero-order valence-corrected chi connectivity index (χ0v) is 11.4. The molecule has 0 aliphatic carbocycles. The van der Waals surface area contributed by atoms with Gasteiger partial charge in [-0.3, -0.25) is 0 Å². The Morgan fingerprint density at radius 1 is 1.19 bits per heavy atom. The number of halogens is 1. The predicted molar refractivity (Wildman–Crippen MR) is 70.1 cm³/mol. The molecule has 1 aromatic rings. The van der Waals surface area contributed by atoms with E-state index >= 15 is 0 Å². The zero-order valence-electron chi connectivity index (χ0n) is 9.85. The molecule has 16 heavy (non-hydrogen) atoms. The number of hydrogen-bond acceptors (Lipinski definition) is 2. The number of aryl methyl sites for hydroxylation is 2. The quantitative estimate of drug-likeness (QED) is 0.900. The molecule has 3 heteroatoms. The third kappa shape index (κ3) is 2.77. The SMILES string of the molecule is Cc1cc(Br)c(OC2CCNCC2)cc1C. The van der Waals surface area contributed by atoms with Crippen LogP contribution in [0.1, 0.15) is 24.0 Å². The molecule has 1 saturated heterocycles. The Kier molecular flexibility index (Phi) is 3.87. The average Bonchev–Trinajstić information content (AvgIpc) is 2.27. The van der Waals surface area contributed by atoms with Crippen LogP contribution in [0, 0.1) is 13.8 Å². The molecule has 2 rings (SSSR count). The molecule has 0 aromatic heterocycles. The van der Waals surface area contributed by atoms with Crippen LogP contribution >= 0.6 is 15.9 Å². The highest BCUT2D eigenvalue weighted by molar-refractivity contribution is 9.10. The molecule has 0 unspecified atom stereocenters. The minimum atomic E-state index is 0.361. The first-order chi connectivity index (χ1) is 7.66. The van der Waals surface area contributed by atoms with Gasteiger partial charge in [0.2, 0.25) is 0 Å². The predicted octanol–water partition coefficient (Wildman–Crippen LogP) is 3.20. The average molecular weight is 284 g/mol. The Morgan fingerprint density at radius 3 is 2.50 bits per heavy atom. The van der Waals surface area contributed by atoms with E-state index in [9.17, 15) is 0 Å². The molecule has 0 spiro atoms. The molecule has 1 aliphatic rings. The van der Waals surface area contributed by atoms with Gasteiger partial charge in [-0.25, -0.2) is 0 Å². The monoisotopic (exact) mass is 283 g/mol. The summed E-state index contributed by atoms with van der Waals surface area (Å²) in [5.41, 5.74) is 2.58. The summed E-state index contributed by atoms with van der Waals surface area (Å²) in [4.78, 5) is 0. The highest BCUT2D eigenvalue weighted by atomic mass is 79.9. The lowest BCUT2D eigenvalue weighted by molar-refractivity contribution is 0.161. The Bertz CT molecular complexity index is 372. The first kappa shape index (κ1) is 11.9. The molecule has 88 valence electrons. The first-order valence-corrected chi connectivity index (χ1v) is 6.60. The summed E-state index contributed by atoms with van der Waals surface area (Å²) >= 11 is 3.57. The molecule has 0 radical (unpaired) electrons. The van der Waals surface area contributed by atoms with Gasteiger partial charge >= 0.3 is 0 Å². The van der Waals surface area contributed by atoms with Gasteiger partial charge in [-0.15, -0.1) is 0 Å². The summed E-state index contributed by atoms with van der Waals surface area (Å²) in [6.45, 7) is 6.37. The maximum absolute atomic E-state index is 6.04. The molecule has 0 saturated carbocycles. The number of ether oxygens (including phenoxy) is 1. The zero-order chi connectivity index (χ0) is 11.5. The Hall–Kier alpha value is -0.540. The van der Waals surface area contributed by atoms with Gasteiger partial charge < -0.3 is 10.1 Å². The Morgan fingerprint density at radius 2 is 1.81 bits per heavy atom. The first-order valence-electron chi connectivity index (χ1n) is 5.81.